The third-order valence-electron chi connectivity index (χ3n) is 3.56. The molecule has 2 unspecified atom stereocenters. The third kappa shape index (κ3) is 3.56. The van der Waals surface area contributed by atoms with Gasteiger partial charge in [-0.05, 0) is 30.0 Å². The van der Waals surface area contributed by atoms with E-state index in [9.17, 15) is 9.90 Å². The maximum absolute atomic E-state index is 12.0. The Labute approximate surface area is 142 Å². The minimum atomic E-state index is -1.39. The second kappa shape index (κ2) is 6.89. The molecule has 0 amide bonds. The van der Waals surface area contributed by atoms with Crippen molar-refractivity contribution in [1.82, 2.24) is 4.98 Å². The fraction of sp³-hybridized carbons (Fsp3) is 0.375. The van der Waals surface area contributed by atoms with Gasteiger partial charge in [-0.1, -0.05) is 41.9 Å². The SMILES string of the molecule is CC(C)CC(N)(C(=O)O)C(c1ccc(Br)cc1)c1nccs1. The molecule has 0 fully saturated rings. The van der Waals surface area contributed by atoms with Gasteiger partial charge in [0.2, 0.25) is 0 Å². The zero-order valence-corrected chi connectivity index (χ0v) is 14.9. The van der Waals surface area contributed by atoms with Crippen LogP contribution in [0.2, 0.25) is 0 Å². The molecule has 1 heterocycles. The summed E-state index contributed by atoms with van der Waals surface area (Å²) >= 11 is 4.84. The predicted octanol–water partition coefficient (Wildman–Crippen LogP) is 3.87. The van der Waals surface area contributed by atoms with Gasteiger partial charge in [-0.15, -0.1) is 11.3 Å². The lowest BCUT2D eigenvalue weighted by atomic mass is 9.75. The Morgan fingerprint density at radius 2 is 2.05 bits per heavy atom. The molecule has 0 aliphatic heterocycles. The van der Waals surface area contributed by atoms with Crippen LogP contribution in [-0.4, -0.2) is 21.6 Å². The topological polar surface area (TPSA) is 76.2 Å². The van der Waals surface area contributed by atoms with Crippen molar-refractivity contribution in [3.63, 3.8) is 0 Å². The molecule has 3 N–H and O–H groups in total. The minimum Gasteiger partial charge on any atom is -0.480 e. The largest absolute Gasteiger partial charge is 0.480 e. The Morgan fingerprint density at radius 1 is 1.41 bits per heavy atom. The fourth-order valence-electron chi connectivity index (χ4n) is 2.70. The van der Waals surface area contributed by atoms with Crippen LogP contribution in [0.1, 0.15) is 36.8 Å². The first-order chi connectivity index (χ1) is 10.3. The first-order valence-electron chi connectivity index (χ1n) is 7.01. The minimum absolute atomic E-state index is 0.166. The van der Waals surface area contributed by atoms with Crippen LogP contribution < -0.4 is 5.73 Å². The number of aliphatic carboxylic acids is 1. The molecule has 0 saturated carbocycles. The molecule has 0 saturated heterocycles. The summed E-state index contributed by atoms with van der Waals surface area (Å²) in [7, 11) is 0. The number of carbonyl (C=O) groups is 1. The number of nitrogens with zero attached hydrogens (tertiary/aromatic N) is 1. The van der Waals surface area contributed by atoms with Gasteiger partial charge in [0.1, 0.15) is 10.5 Å². The van der Waals surface area contributed by atoms with E-state index in [2.05, 4.69) is 20.9 Å². The average molecular weight is 383 g/mol. The molecule has 1 aromatic heterocycles. The van der Waals surface area contributed by atoms with Crippen molar-refractivity contribution in [3.05, 3.63) is 50.9 Å². The standard InChI is InChI=1S/C16H19BrN2O2S/c1-10(2)9-16(18,15(20)21)13(14-19-7-8-22-14)11-3-5-12(17)6-4-11/h3-8,10,13H,9,18H2,1-2H3,(H,20,21). The van der Waals surface area contributed by atoms with E-state index in [4.69, 9.17) is 5.73 Å². The Morgan fingerprint density at radius 3 is 2.50 bits per heavy atom. The zero-order chi connectivity index (χ0) is 16.3. The number of hydrogen-bond acceptors (Lipinski definition) is 4. The monoisotopic (exact) mass is 382 g/mol. The second-order valence-corrected chi connectivity index (χ2v) is 7.64. The number of nitrogens with two attached hydrogens (primary N) is 1. The number of rotatable bonds is 6. The molecule has 0 spiro atoms. The summed E-state index contributed by atoms with van der Waals surface area (Å²) in [5.74, 6) is -1.30. The van der Waals surface area contributed by atoms with E-state index in [0.29, 0.717) is 6.42 Å². The van der Waals surface area contributed by atoms with Gasteiger partial charge < -0.3 is 10.8 Å². The van der Waals surface area contributed by atoms with Crippen molar-refractivity contribution in [1.29, 1.82) is 0 Å². The Bertz CT molecular complexity index is 628. The van der Waals surface area contributed by atoms with Gasteiger partial charge in [-0.2, -0.15) is 0 Å². The van der Waals surface area contributed by atoms with E-state index in [1.165, 1.54) is 11.3 Å². The van der Waals surface area contributed by atoms with Gasteiger partial charge in [-0.3, -0.25) is 4.79 Å². The van der Waals surface area contributed by atoms with Crippen LogP contribution >= 0.6 is 27.3 Å². The summed E-state index contributed by atoms with van der Waals surface area (Å²) in [6.07, 6.45) is 2.06. The fourth-order valence-corrected chi connectivity index (χ4v) is 3.83. The zero-order valence-electron chi connectivity index (χ0n) is 12.5. The highest BCUT2D eigenvalue weighted by molar-refractivity contribution is 9.10. The van der Waals surface area contributed by atoms with Crippen molar-refractivity contribution in [2.24, 2.45) is 11.7 Å². The van der Waals surface area contributed by atoms with Crippen LogP contribution in [0, 0.1) is 5.92 Å². The van der Waals surface area contributed by atoms with Crippen LogP contribution in [0.4, 0.5) is 0 Å². The molecule has 0 radical (unpaired) electrons. The number of halogens is 1. The quantitative estimate of drug-likeness (QED) is 0.794. The Kier molecular flexibility index (Phi) is 5.36. The second-order valence-electron chi connectivity index (χ2n) is 5.80. The molecule has 2 rings (SSSR count). The van der Waals surface area contributed by atoms with E-state index in [1.54, 1.807) is 6.20 Å². The number of aromatic nitrogens is 1. The summed E-state index contributed by atoms with van der Waals surface area (Å²) in [5.41, 5.74) is 5.88. The lowest BCUT2D eigenvalue weighted by Crippen LogP contribution is -2.54. The highest BCUT2D eigenvalue weighted by atomic mass is 79.9. The van der Waals surface area contributed by atoms with E-state index in [1.807, 2.05) is 43.5 Å². The first-order valence-corrected chi connectivity index (χ1v) is 8.69. The van der Waals surface area contributed by atoms with Gasteiger partial charge in [0.25, 0.3) is 0 Å². The van der Waals surface area contributed by atoms with Crippen LogP contribution in [0.5, 0.6) is 0 Å². The summed E-state index contributed by atoms with van der Waals surface area (Å²) in [5, 5.41) is 12.4. The Hall–Kier alpha value is -1.24. The van der Waals surface area contributed by atoms with Crippen molar-refractivity contribution in [2.45, 2.75) is 31.7 Å². The molecular formula is C16H19BrN2O2S. The molecule has 2 aromatic rings. The van der Waals surface area contributed by atoms with E-state index in [0.717, 1.165) is 15.0 Å². The number of carboxylic acid groups (broad SMARTS) is 1. The molecule has 6 heteroatoms. The lowest BCUT2D eigenvalue weighted by Gasteiger charge is -2.34. The molecule has 118 valence electrons. The third-order valence-corrected chi connectivity index (χ3v) is 4.93. The average Bonchev–Trinajstić information content (AvgIpc) is 2.94. The maximum Gasteiger partial charge on any atom is 0.324 e. The van der Waals surface area contributed by atoms with Crippen LogP contribution in [0.25, 0.3) is 0 Å². The number of hydrogen-bond donors (Lipinski definition) is 2. The highest BCUT2D eigenvalue weighted by Gasteiger charge is 2.45. The lowest BCUT2D eigenvalue weighted by molar-refractivity contribution is -0.144. The molecular weight excluding hydrogens is 364 g/mol. The van der Waals surface area contributed by atoms with E-state index in [-0.39, 0.29) is 5.92 Å². The molecule has 0 aliphatic carbocycles. The Balaban J connectivity index is 2.56. The summed E-state index contributed by atoms with van der Waals surface area (Å²) in [6.45, 7) is 3.95. The van der Waals surface area contributed by atoms with Crippen LogP contribution in [0.15, 0.2) is 40.3 Å². The number of thiazole rings is 1. The van der Waals surface area contributed by atoms with Crippen LogP contribution in [0.3, 0.4) is 0 Å². The van der Waals surface area contributed by atoms with Gasteiger partial charge in [0, 0.05) is 16.0 Å². The predicted molar refractivity (Wildman–Crippen MR) is 92.1 cm³/mol. The van der Waals surface area contributed by atoms with E-state index < -0.39 is 17.4 Å². The van der Waals surface area contributed by atoms with Crippen molar-refractivity contribution >= 4 is 33.2 Å². The van der Waals surface area contributed by atoms with Gasteiger partial charge in [0.05, 0.1) is 5.92 Å². The summed E-state index contributed by atoms with van der Waals surface area (Å²) < 4.78 is 0.941. The van der Waals surface area contributed by atoms with Gasteiger partial charge in [-0.25, -0.2) is 4.98 Å². The molecule has 22 heavy (non-hydrogen) atoms. The van der Waals surface area contributed by atoms with Crippen molar-refractivity contribution < 1.29 is 9.90 Å². The van der Waals surface area contributed by atoms with Crippen LogP contribution in [-0.2, 0) is 4.79 Å². The number of benzene rings is 1. The first kappa shape index (κ1) is 17.1. The van der Waals surface area contributed by atoms with Gasteiger partial charge in [0.15, 0.2) is 0 Å². The molecule has 2 atom stereocenters. The molecule has 0 bridgehead atoms. The van der Waals surface area contributed by atoms with Gasteiger partial charge >= 0.3 is 5.97 Å². The molecule has 4 nitrogen and oxygen atoms in total. The number of carboxylic acids is 1. The summed E-state index contributed by atoms with van der Waals surface area (Å²) in [4.78, 5) is 16.3. The summed E-state index contributed by atoms with van der Waals surface area (Å²) in [6, 6.07) is 7.60. The van der Waals surface area contributed by atoms with Crippen molar-refractivity contribution in [2.75, 3.05) is 0 Å². The molecule has 0 aliphatic rings. The van der Waals surface area contributed by atoms with E-state index >= 15 is 0 Å². The maximum atomic E-state index is 12.0. The highest BCUT2D eigenvalue weighted by Crippen LogP contribution is 2.38. The van der Waals surface area contributed by atoms with Crippen molar-refractivity contribution in [3.8, 4) is 0 Å². The molecule has 1 aromatic carbocycles. The normalized spacial score (nSPS) is 15.5. The smallest absolute Gasteiger partial charge is 0.324 e.